The standard InChI is InChI=1S/C22H21N5O2/c1-3-29-21(28)19-14-18-15(2)26-27(17-12-8-5-9-13-17)20(18)25-22(24-19)23-16-10-6-4-7-11-16/h4-14H,3H2,1-2H3,(H2,23,24,25). The van der Waals surface area contributed by atoms with Crippen molar-refractivity contribution in [1.82, 2.24) is 15.1 Å². The first-order chi connectivity index (χ1) is 14.2. The molecule has 0 amide bonds. The fourth-order valence-electron chi connectivity index (χ4n) is 3.03. The van der Waals surface area contributed by atoms with Crippen molar-refractivity contribution in [1.29, 1.82) is 0 Å². The molecule has 1 aliphatic heterocycles. The van der Waals surface area contributed by atoms with Gasteiger partial charge in [0.05, 0.1) is 18.0 Å². The second kappa shape index (κ2) is 8.02. The monoisotopic (exact) mass is 387 g/mol. The minimum absolute atomic E-state index is 0.283. The first kappa shape index (κ1) is 18.5. The molecule has 0 atom stereocenters. The van der Waals surface area contributed by atoms with E-state index in [2.05, 4.69) is 15.7 Å². The summed E-state index contributed by atoms with van der Waals surface area (Å²) in [5.74, 6) is 0.583. The quantitative estimate of drug-likeness (QED) is 0.666. The predicted molar refractivity (Wildman–Crippen MR) is 113 cm³/mol. The van der Waals surface area contributed by atoms with Crippen molar-refractivity contribution in [2.45, 2.75) is 13.8 Å². The molecule has 1 aliphatic rings. The molecular weight excluding hydrogens is 366 g/mol. The number of ether oxygens (including phenoxy) is 1. The topological polar surface area (TPSA) is 80.5 Å². The number of carbonyl (C=O) groups is 1. The summed E-state index contributed by atoms with van der Waals surface area (Å²) in [4.78, 5) is 17.2. The fraction of sp³-hybridized carbons (Fsp3) is 0.136. The number of anilines is 1. The number of nitrogens with one attached hydrogen (secondary N) is 2. The minimum atomic E-state index is -0.449. The molecular formula is C22H21N5O2. The first-order valence-electron chi connectivity index (χ1n) is 9.37. The van der Waals surface area contributed by atoms with E-state index in [4.69, 9.17) is 9.73 Å². The fourth-order valence-corrected chi connectivity index (χ4v) is 3.03. The van der Waals surface area contributed by atoms with Crippen molar-refractivity contribution < 1.29 is 9.53 Å². The van der Waals surface area contributed by atoms with Crippen LogP contribution in [0.25, 0.3) is 11.8 Å². The second-order valence-corrected chi connectivity index (χ2v) is 6.42. The van der Waals surface area contributed by atoms with Gasteiger partial charge in [-0.25, -0.2) is 9.48 Å². The van der Waals surface area contributed by atoms with Gasteiger partial charge in [-0.05, 0) is 44.2 Å². The van der Waals surface area contributed by atoms with E-state index in [1.165, 1.54) is 0 Å². The van der Waals surface area contributed by atoms with E-state index in [1.54, 1.807) is 17.7 Å². The lowest BCUT2D eigenvalue weighted by atomic mass is 10.2. The number of aliphatic imine (C=N–C) groups is 1. The zero-order chi connectivity index (χ0) is 20.2. The number of benzene rings is 2. The van der Waals surface area contributed by atoms with Gasteiger partial charge in [-0.1, -0.05) is 36.4 Å². The Morgan fingerprint density at radius 3 is 2.48 bits per heavy atom. The number of carbonyl (C=O) groups excluding carboxylic acids is 1. The number of aromatic nitrogens is 2. The maximum atomic E-state index is 12.5. The molecule has 2 aromatic carbocycles. The van der Waals surface area contributed by atoms with E-state index in [0.717, 1.165) is 22.6 Å². The Morgan fingerprint density at radius 1 is 1.10 bits per heavy atom. The zero-order valence-electron chi connectivity index (χ0n) is 16.2. The van der Waals surface area contributed by atoms with E-state index < -0.39 is 5.97 Å². The Labute approximate surface area is 168 Å². The van der Waals surface area contributed by atoms with Gasteiger partial charge in [0, 0.05) is 11.3 Å². The van der Waals surface area contributed by atoms with Crippen LogP contribution in [0.2, 0.25) is 0 Å². The van der Waals surface area contributed by atoms with E-state index in [9.17, 15) is 4.79 Å². The Morgan fingerprint density at radius 2 is 1.79 bits per heavy atom. The average Bonchev–Trinajstić information content (AvgIpc) is 2.92. The Bertz CT molecular complexity index is 1090. The Kier molecular flexibility index (Phi) is 5.11. The van der Waals surface area contributed by atoms with Gasteiger partial charge in [0.2, 0.25) is 5.96 Å². The number of guanidine groups is 1. The molecule has 0 aliphatic carbocycles. The largest absolute Gasteiger partial charge is 0.461 e. The van der Waals surface area contributed by atoms with E-state index in [-0.39, 0.29) is 6.61 Å². The molecule has 1 aromatic heterocycles. The summed E-state index contributed by atoms with van der Waals surface area (Å²) in [5.41, 5.74) is 3.54. The van der Waals surface area contributed by atoms with Crippen LogP contribution in [0.4, 0.5) is 11.5 Å². The molecule has 0 saturated heterocycles. The molecule has 0 radical (unpaired) electrons. The van der Waals surface area contributed by atoms with Crippen LogP contribution in [0, 0.1) is 6.92 Å². The molecule has 2 heterocycles. The van der Waals surface area contributed by atoms with Gasteiger partial charge in [0.1, 0.15) is 5.70 Å². The molecule has 0 spiro atoms. The van der Waals surface area contributed by atoms with Gasteiger partial charge in [0.25, 0.3) is 0 Å². The number of rotatable bonds is 4. The smallest absolute Gasteiger partial charge is 0.354 e. The summed E-state index contributed by atoms with van der Waals surface area (Å²) in [5, 5.41) is 10.9. The molecule has 29 heavy (non-hydrogen) atoms. The number of aryl methyl sites for hydroxylation is 1. The summed E-state index contributed by atoms with van der Waals surface area (Å²) in [6.07, 6.45) is 1.73. The summed E-state index contributed by atoms with van der Waals surface area (Å²) in [7, 11) is 0. The van der Waals surface area contributed by atoms with E-state index in [0.29, 0.717) is 17.5 Å². The summed E-state index contributed by atoms with van der Waals surface area (Å²) in [6, 6.07) is 19.4. The molecule has 7 heteroatoms. The Balaban J connectivity index is 1.84. The van der Waals surface area contributed by atoms with Crippen LogP contribution in [0.3, 0.4) is 0 Å². The Hall–Kier alpha value is -3.87. The van der Waals surface area contributed by atoms with E-state index >= 15 is 0 Å². The zero-order valence-corrected chi connectivity index (χ0v) is 16.2. The number of fused-ring (bicyclic) bond motifs is 1. The SMILES string of the molecule is CCOC(=O)C1=Cc2c(C)nn(-c3ccccc3)c2N=C(Nc2ccccc2)N1. The van der Waals surface area contributed by atoms with Crippen LogP contribution in [0.1, 0.15) is 18.2 Å². The predicted octanol–water partition coefficient (Wildman–Crippen LogP) is 3.79. The number of para-hydroxylation sites is 2. The lowest BCUT2D eigenvalue weighted by Crippen LogP contribution is -2.33. The van der Waals surface area contributed by atoms with Crippen LogP contribution in [0.15, 0.2) is 71.4 Å². The van der Waals surface area contributed by atoms with Gasteiger partial charge in [-0.2, -0.15) is 10.1 Å². The molecule has 0 bridgehead atoms. The van der Waals surface area contributed by atoms with Crippen molar-refractivity contribution in [2.24, 2.45) is 4.99 Å². The summed E-state index contributed by atoms with van der Waals surface area (Å²) < 4.78 is 6.97. The third kappa shape index (κ3) is 3.89. The van der Waals surface area contributed by atoms with Crippen molar-refractivity contribution in [2.75, 3.05) is 11.9 Å². The molecule has 3 aromatic rings. The van der Waals surface area contributed by atoms with Crippen molar-refractivity contribution in [3.05, 3.63) is 77.6 Å². The molecule has 2 N–H and O–H groups in total. The molecule has 4 rings (SSSR count). The average molecular weight is 387 g/mol. The third-order valence-corrected chi connectivity index (χ3v) is 4.37. The third-order valence-electron chi connectivity index (χ3n) is 4.37. The highest BCUT2D eigenvalue weighted by Crippen LogP contribution is 2.30. The maximum Gasteiger partial charge on any atom is 0.354 e. The number of hydrogen-bond donors (Lipinski definition) is 2. The van der Waals surface area contributed by atoms with Gasteiger partial charge < -0.3 is 15.4 Å². The number of hydrogen-bond acceptors (Lipinski definition) is 6. The van der Waals surface area contributed by atoms with Crippen LogP contribution in [-0.4, -0.2) is 28.3 Å². The van der Waals surface area contributed by atoms with Gasteiger partial charge >= 0.3 is 5.97 Å². The van der Waals surface area contributed by atoms with Crippen LogP contribution in [-0.2, 0) is 9.53 Å². The summed E-state index contributed by atoms with van der Waals surface area (Å²) >= 11 is 0. The second-order valence-electron chi connectivity index (χ2n) is 6.42. The molecule has 0 saturated carbocycles. The van der Waals surface area contributed by atoms with Crippen molar-refractivity contribution in [3.63, 3.8) is 0 Å². The van der Waals surface area contributed by atoms with Crippen LogP contribution in [0.5, 0.6) is 0 Å². The normalized spacial score (nSPS) is 12.8. The van der Waals surface area contributed by atoms with Crippen LogP contribution < -0.4 is 10.6 Å². The lowest BCUT2D eigenvalue weighted by molar-refractivity contribution is -0.138. The number of nitrogens with zero attached hydrogens (tertiary/aromatic N) is 3. The number of esters is 1. The van der Waals surface area contributed by atoms with E-state index in [1.807, 2.05) is 67.6 Å². The highest BCUT2D eigenvalue weighted by atomic mass is 16.5. The maximum absolute atomic E-state index is 12.5. The molecule has 146 valence electrons. The molecule has 0 unspecified atom stereocenters. The van der Waals surface area contributed by atoms with Gasteiger partial charge in [0.15, 0.2) is 5.82 Å². The lowest BCUT2D eigenvalue weighted by Gasteiger charge is -2.13. The van der Waals surface area contributed by atoms with Gasteiger partial charge in [-0.15, -0.1) is 0 Å². The summed E-state index contributed by atoms with van der Waals surface area (Å²) in [6.45, 7) is 3.95. The highest BCUT2D eigenvalue weighted by Gasteiger charge is 2.23. The first-order valence-corrected chi connectivity index (χ1v) is 9.37. The van der Waals surface area contributed by atoms with Gasteiger partial charge in [-0.3, -0.25) is 0 Å². The van der Waals surface area contributed by atoms with Crippen molar-refractivity contribution in [3.8, 4) is 5.69 Å². The minimum Gasteiger partial charge on any atom is -0.461 e. The van der Waals surface area contributed by atoms with Crippen molar-refractivity contribution >= 4 is 29.5 Å². The molecule has 7 nitrogen and oxygen atoms in total. The molecule has 0 fully saturated rings. The highest BCUT2D eigenvalue weighted by molar-refractivity contribution is 6.05. The van der Waals surface area contributed by atoms with Crippen LogP contribution >= 0.6 is 0 Å².